The van der Waals surface area contributed by atoms with Crippen LogP contribution in [0.1, 0.15) is 11.1 Å². The van der Waals surface area contributed by atoms with Crippen LogP contribution in [0.15, 0.2) is 18.2 Å². The van der Waals surface area contributed by atoms with E-state index in [1.165, 1.54) is 19.2 Å². The Morgan fingerprint density at radius 1 is 1.39 bits per heavy atom. The summed E-state index contributed by atoms with van der Waals surface area (Å²) in [5.74, 6) is 0.0522. The highest BCUT2D eigenvalue weighted by molar-refractivity contribution is 7.84. The summed E-state index contributed by atoms with van der Waals surface area (Å²) in [6.07, 6.45) is -4.49. The number of ether oxygens (including phenoxy) is 1. The van der Waals surface area contributed by atoms with E-state index >= 15 is 0 Å². The van der Waals surface area contributed by atoms with Crippen molar-refractivity contribution in [3.05, 3.63) is 29.3 Å². The summed E-state index contributed by atoms with van der Waals surface area (Å²) in [7, 11) is 0.0576. The van der Waals surface area contributed by atoms with Gasteiger partial charge in [-0.15, -0.1) is 0 Å². The third-order valence-corrected chi connectivity index (χ3v) is 3.53. The lowest BCUT2D eigenvalue weighted by atomic mass is 10.1. The van der Waals surface area contributed by atoms with Crippen molar-refractivity contribution in [3.8, 4) is 0 Å². The van der Waals surface area contributed by atoms with Crippen LogP contribution >= 0.6 is 0 Å². The van der Waals surface area contributed by atoms with Gasteiger partial charge in [0.15, 0.2) is 0 Å². The summed E-state index contributed by atoms with van der Waals surface area (Å²) in [6.45, 7) is 0.253. The van der Waals surface area contributed by atoms with Crippen molar-refractivity contribution in [1.29, 1.82) is 0 Å². The maximum absolute atomic E-state index is 12.8. The fourth-order valence-electron chi connectivity index (χ4n) is 1.41. The van der Waals surface area contributed by atoms with E-state index in [0.29, 0.717) is 0 Å². The topological polar surface area (TPSA) is 52.3 Å². The second-order valence-electron chi connectivity index (χ2n) is 3.70. The van der Waals surface area contributed by atoms with Crippen LogP contribution in [0.2, 0.25) is 0 Å². The number of nitrogens with two attached hydrogens (primary N) is 1. The van der Waals surface area contributed by atoms with Crippen LogP contribution in [0.5, 0.6) is 0 Å². The highest BCUT2D eigenvalue weighted by Gasteiger charge is 2.33. The zero-order valence-electron chi connectivity index (χ0n) is 9.79. The smallest absolute Gasteiger partial charge is 0.399 e. The highest BCUT2D eigenvalue weighted by Crippen LogP contribution is 2.33. The summed E-state index contributed by atoms with van der Waals surface area (Å²) in [6, 6.07) is 3.50. The number of methoxy groups -OCH3 is 1. The zero-order valence-corrected chi connectivity index (χ0v) is 10.6. The molecule has 0 aliphatic carbocycles. The average Bonchev–Trinajstić information content (AvgIpc) is 2.27. The summed E-state index contributed by atoms with van der Waals surface area (Å²) < 4.78 is 54.6. The Hall–Kier alpha value is -1.08. The number of hydrogen-bond acceptors (Lipinski definition) is 3. The summed E-state index contributed by atoms with van der Waals surface area (Å²) in [4.78, 5) is 0. The van der Waals surface area contributed by atoms with E-state index in [2.05, 4.69) is 0 Å². The average molecular weight is 281 g/mol. The van der Waals surface area contributed by atoms with Crippen LogP contribution in [-0.4, -0.2) is 23.7 Å². The Labute approximate surface area is 106 Å². The number of rotatable bonds is 5. The van der Waals surface area contributed by atoms with E-state index in [1.54, 1.807) is 0 Å². The van der Waals surface area contributed by atoms with Gasteiger partial charge in [0.05, 0.1) is 12.2 Å². The highest BCUT2D eigenvalue weighted by atomic mass is 32.2. The van der Waals surface area contributed by atoms with Crippen molar-refractivity contribution in [2.45, 2.75) is 11.9 Å². The SMILES string of the molecule is COCCS(=O)Cc1ccc(N)cc1C(F)(F)F. The first kappa shape index (κ1) is 15.0. The first-order valence-electron chi connectivity index (χ1n) is 5.14. The Morgan fingerprint density at radius 2 is 2.06 bits per heavy atom. The molecule has 3 nitrogen and oxygen atoms in total. The minimum atomic E-state index is -4.49. The Morgan fingerprint density at radius 3 is 2.61 bits per heavy atom. The van der Waals surface area contributed by atoms with Gasteiger partial charge in [-0.3, -0.25) is 4.21 Å². The molecule has 0 spiro atoms. The molecule has 1 aromatic rings. The van der Waals surface area contributed by atoms with Crippen molar-refractivity contribution >= 4 is 16.5 Å². The second kappa shape index (κ2) is 6.19. The first-order valence-corrected chi connectivity index (χ1v) is 6.63. The van der Waals surface area contributed by atoms with Crippen LogP contribution in [-0.2, 0) is 27.5 Å². The number of halogens is 3. The van der Waals surface area contributed by atoms with Gasteiger partial charge in [0, 0.05) is 35.1 Å². The molecule has 0 saturated heterocycles. The predicted molar refractivity (Wildman–Crippen MR) is 64.4 cm³/mol. The largest absolute Gasteiger partial charge is 0.416 e. The molecule has 1 atom stereocenters. The van der Waals surface area contributed by atoms with Gasteiger partial charge in [0.2, 0.25) is 0 Å². The molecule has 0 amide bonds. The van der Waals surface area contributed by atoms with E-state index in [0.717, 1.165) is 6.07 Å². The minimum Gasteiger partial charge on any atom is -0.399 e. The van der Waals surface area contributed by atoms with Crippen LogP contribution in [0.4, 0.5) is 18.9 Å². The van der Waals surface area contributed by atoms with Crippen LogP contribution < -0.4 is 5.73 Å². The van der Waals surface area contributed by atoms with E-state index in [1.807, 2.05) is 0 Å². The molecule has 1 unspecified atom stereocenters. The van der Waals surface area contributed by atoms with Gasteiger partial charge in [-0.1, -0.05) is 6.07 Å². The number of benzene rings is 1. The molecule has 0 aliphatic heterocycles. The third kappa shape index (κ3) is 4.30. The van der Waals surface area contributed by atoms with Crippen LogP contribution in [0, 0.1) is 0 Å². The van der Waals surface area contributed by atoms with Crippen molar-refractivity contribution in [1.82, 2.24) is 0 Å². The van der Waals surface area contributed by atoms with Gasteiger partial charge in [0.25, 0.3) is 0 Å². The number of hydrogen-bond donors (Lipinski definition) is 1. The molecule has 0 radical (unpaired) electrons. The van der Waals surface area contributed by atoms with Gasteiger partial charge >= 0.3 is 6.18 Å². The van der Waals surface area contributed by atoms with Crippen molar-refractivity contribution in [2.75, 3.05) is 25.2 Å². The Kier molecular flexibility index (Phi) is 5.15. The molecule has 1 aromatic carbocycles. The van der Waals surface area contributed by atoms with Crippen molar-refractivity contribution < 1.29 is 22.1 Å². The summed E-state index contributed by atoms with van der Waals surface area (Å²) in [5, 5.41) is 0. The Bertz CT molecular complexity index is 435. The van der Waals surface area contributed by atoms with Crippen LogP contribution in [0.25, 0.3) is 0 Å². The number of nitrogen functional groups attached to an aromatic ring is 1. The standard InChI is InChI=1S/C11H14F3NO2S/c1-17-4-5-18(16)7-8-2-3-9(15)6-10(8)11(12,13)14/h2-3,6H,4-5,7,15H2,1H3. The van der Waals surface area contributed by atoms with Crippen molar-refractivity contribution in [2.24, 2.45) is 0 Å². The fraction of sp³-hybridized carbons (Fsp3) is 0.455. The summed E-state index contributed by atoms with van der Waals surface area (Å²) >= 11 is 0. The lowest BCUT2D eigenvalue weighted by molar-refractivity contribution is -0.138. The fourth-order valence-corrected chi connectivity index (χ4v) is 2.50. The van der Waals surface area contributed by atoms with Crippen molar-refractivity contribution in [3.63, 3.8) is 0 Å². The molecule has 1 rings (SSSR count). The molecule has 7 heteroatoms. The molecule has 0 aliphatic rings. The normalized spacial score (nSPS) is 13.6. The van der Waals surface area contributed by atoms with Gasteiger partial charge < -0.3 is 10.5 Å². The van der Waals surface area contributed by atoms with E-state index in [9.17, 15) is 17.4 Å². The minimum absolute atomic E-state index is 0.00821. The van der Waals surface area contributed by atoms with E-state index in [-0.39, 0.29) is 29.4 Å². The molecule has 0 heterocycles. The van der Waals surface area contributed by atoms with Crippen LogP contribution in [0.3, 0.4) is 0 Å². The lowest BCUT2D eigenvalue weighted by Gasteiger charge is -2.13. The summed E-state index contributed by atoms with van der Waals surface area (Å²) in [5.41, 5.74) is 4.54. The van der Waals surface area contributed by atoms with Gasteiger partial charge in [-0.25, -0.2) is 0 Å². The molecule has 0 aromatic heterocycles. The van der Waals surface area contributed by atoms with E-state index in [4.69, 9.17) is 10.5 Å². The predicted octanol–water partition coefficient (Wildman–Crippen LogP) is 2.18. The maximum Gasteiger partial charge on any atom is 0.416 e. The first-order chi connectivity index (χ1) is 8.34. The number of alkyl halides is 3. The number of anilines is 1. The van der Waals surface area contributed by atoms with Gasteiger partial charge in [0.1, 0.15) is 0 Å². The van der Waals surface area contributed by atoms with Gasteiger partial charge in [-0.2, -0.15) is 13.2 Å². The zero-order chi connectivity index (χ0) is 13.8. The Balaban J connectivity index is 2.92. The molecule has 102 valence electrons. The second-order valence-corrected chi connectivity index (χ2v) is 5.27. The monoisotopic (exact) mass is 281 g/mol. The molecule has 0 bridgehead atoms. The lowest BCUT2D eigenvalue weighted by Crippen LogP contribution is -2.13. The molecule has 2 N–H and O–H groups in total. The molecular formula is C11H14F3NO2S. The van der Waals surface area contributed by atoms with Gasteiger partial charge in [-0.05, 0) is 17.7 Å². The molecule has 0 saturated carbocycles. The third-order valence-electron chi connectivity index (χ3n) is 2.27. The quantitative estimate of drug-likeness (QED) is 0.842. The molecular weight excluding hydrogens is 267 g/mol. The van der Waals surface area contributed by atoms with E-state index < -0.39 is 22.5 Å². The molecule has 0 fully saturated rings. The maximum atomic E-state index is 12.8. The molecule has 18 heavy (non-hydrogen) atoms.